The maximum Gasteiger partial charge on any atom is 0.174 e. The van der Waals surface area contributed by atoms with Crippen molar-refractivity contribution in [3.8, 4) is 0 Å². The summed E-state index contributed by atoms with van der Waals surface area (Å²) in [6.07, 6.45) is 1.34. The van der Waals surface area contributed by atoms with E-state index in [0.29, 0.717) is 18.1 Å². The number of nitrogens with one attached hydrogen (secondary N) is 2. The second-order valence-electron chi connectivity index (χ2n) is 9.57. The molecule has 2 aromatic carbocycles. The molecule has 2 aliphatic rings. The summed E-state index contributed by atoms with van der Waals surface area (Å²) in [7, 11) is 4.06. The molecular weight excluding hydrogens is 416 g/mol. The van der Waals surface area contributed by atoms with E-state index in [2.05, 4.69) is 70.7 Å². The zero-order valence-electron chi connectivity index (χ0n) is 19.5. The van der Waals surface area contributed by atoms with Crippen molar-refractivity contribution in [2.75, 3.05) is 35.8 Å². The van der Waals surface area contributed by atoms with Gasteiger partial charge in [-0.25, -0.2) is 0 Å². The molecule has 5 nitrogen and oxygen atoms in total. The summed E-state index contributed by atoms with van der Waals surface area (Å²) in [5, 5.41) is 7.57. The van der Waals surface area contributed by atoms with Crippen molar-refractivity contribution in [2.24, 2.45) is 5.41 Å². The molecule has 1 aliphatic carbocycles. The molecule has 1 heterocycles. The molecular formula is C26H32N4OS. The van der Waals surface area contributed by atoms with Gasteiger partial charge in [0.1, 0.15) is 0 Å². The first-order valence-corrected chi connectivity index (χ1v) is 11.6. The Morgan fingerprint density at radius 3 is 2.50 bits per heavy atom. The molecule has 0 saturated carbocycles. The van der Waals surface area contributed by atoms with Gasteiger partial charge in [-0.05, 0) is 60.8 Å². The van der Waals surface area contributed by atoms with E-state index in [4.69, 9.17) is 12.2 Å². The Balaban J connectivity index is 1.96. The van der Waals surface area contributed by atoms with Crippen LogP contribution in [-0.4, -0.2) is 31.5 Å². The van der Waals surface area contributed by atoms with Gasteiger partial charge < -0.3 is 20.4 Å². The molecule has 4 rings (SSSR count). The number of benzene rings is 2. The van der Waals surface area contributed by atoms with E-state index in [0.717, 1.165) is 40.3 Å². The highest BCUT2D eigenvalue weighted by molar-refractivity contribution is 7.80. The van der Waals surface area contributed by atoms with Crippen LogP contribution in [0.15, 0.2) is 59.8 Å². The predicted octanol–water partition coefficient (Wildman–Crippen LogP) is 5.26. The molecule has 0 radical (unpaired) electrons. The average Bonchev–Trinajstić information content (AvgIpc) is 2.87. The van der Waals surface area contributed by atoms with Gasteiger partial charge in [-0.2, -0.15) is 0 Å². The lowest BCUT2D eigenvalue weighted by atomic mass is 9.73. The first kappa shape index (κ1) is 22.3. The lowest BCUT2D eigenvalue weighted by molar-refractivity contribution is -0.118. The number of carbonyl (C=O) groups excluding carboxylic acids is 1. The van der Waals surface area contributed by atoms with Crippen LogP contribution in [0.25, 0.3) is 0 Å². The van der Waals surface area contributed by atoms with Crippen molar-refractivity contribution in [1.82, 2.24) is 5.32 Å². The van der Waals surface area contributed by atoms with Crippen LogP contribution >= 0.6 is 12.2 Å². The van der Waals surface area contributed by atoms with Gasteiger partial charge in [0, 0.05) is 44.0 Å². The fraction of sp³-hybridized carbons (Fsp3) is 0.385. The summed E-state index contributed by atoms with van der Waals surface area (Å²) in [5.41, 5.74) is 5.84. The minimum Gasteiger partial charge on any atom is -0.378 e. The molecule has 0 aromatic heterocycles. The van der Waals surface area contributed by atoms with Crippen molar-refractivity contribution in [3.63, 3.8) is 0 Å². The van der Waals surface area contributed by atoms with Gasteiger partial charge in [0.25, 0.3) is 0 Å². The summed E-state index contributed by atoms with van der Waals surface area (Å²) in [5.74, 6) is 0.183. The molecule has 0 amide bonds. The fourth-order valence-electron chi connectivity index (χ4n) is 4.72. The molecule has 32 heavy (non-hydrogen) atoms. The highest BCUT2D eigenvalue weighted by Gasteiger charge is 2.42. The Labute approximate surface area is 196 Å². The molecule has 1 atom stereocenters. The van der Waals surface area contributed by atoms with Crippen molar-refractivity contribution in [3.05, 3.63) is 65.4 Å². The highest BCUT2D eigenvalue weighted by Crippen LogP contribution is 2.48. The number of Topliss-reactive ketones (excluding diaryl/α,β-unsaturated/α-hetero) is 1. The molecule has 0 spiro atoms. The monoisotopic (exact) mass is 448 g/mol. The van der Waals surface area contributed by atoms with Gasteiger partial charge in [-0.1, -0.05) is 38.1 Å². The number of thiocarbonyl (C=S) groups is 1. The number of hydrogen-bond donors (Lipinski definition) is 2. The quantitative estimate of drug-likeness (QED) is 0.625. The Kier molecular flexibility index (Phi) is 5.99. The van der Waals surface area contributed by atoms with Crippen molar-refractivity contribution in [2.45, 2.75) is 39.7 Å². The van der Waals surface area contributed by atoms with Crippen LogP contribution in [0.3, 0.4) is 0 Å². The van der Waals surface area contributed by atoms with Crippen molar-refractivity contribution in [1.29, 1.82) is 0 Å². The summed E-state index contributed by atoms with van der Waals surface area (Å²) in [6, 6.07) is 16.3. The topological polar surface area (TPSA) is 47.6 Å². The van der Waals surface area contributed by atoms with E-state index in [1.807, 2.05) is 33.2 Å². The maximum atomic E-state index is 13.6. The molecule has 2 aromatic rings. The number of para-hydroxylation sites is 2. The van der Waals surface area contributed by atoms with Gasteiger partial charge in [0.2, 0.25) is 0 Å². The zero-order valence-corrected chi connectivity index (χ0v) is 20.3. The first-order valence-electron chi connectivity index (χ1n) is 11.2. The molecule has 1 unspecified atom stereocenters. The lowest BCUT2D eigenvalue weighted by Crippen LogP contribution is -2.44. The third-order valence-corrected chi connectivity index (χ3v) is 6.51. The largest absolute Gasteiger partial charge is 0.378 e. The Hall–Kier alpha value is -2.86. The van der Waals surface area contributed by atoms with E-state index >= 15 is 0 Å². The summed E-state index contributed by atoms with van der Waals surface area (Å²) in [4.78, 5) is 17.8. The molecule has 6 heteroatoms. The third-order valence-electron chi connectivity index (χ3n) is 6.17. The number of hydrogen-bond acceptors (Lipinski definition) is 4. The van der Waals surface area contributed by atoms with Gasteiger partial charge in [0.15, 0.2) is 10.9 Å². The summed E-state index contributed by atoms with van der Waals surface area (Å²) < 4.78 is 0. The minimum atomic E-state index is -0.299. The number of rotatable bonds is 3. The van der Waals surface area contributed by atoms with E-state index < -0.39 is 0 Å². The van der Waals surface area contributed by atoms with Crippen LogP contribution in [0, 0.1) is 5.41 Å². The van der Waals surface area contributed by atoms with E-state index in [9.17, 15) is 4.79 Å². The Morgan fingerprint density at radius 1 is 1.16 bits per heavy atom. The first-order chi connectivity index (χ1) is 15.2. The molecule has 2 N–H and O–H groups in total. The van der Waals surface area contributed by atoms with Crippen LogP contribution in [0.2, 0.25) is 0 Å². The maximum absolute atomic E-state index is 13.6. The van der Waals surface area contributed by atoms with Crippen molar-refractivity contribution < 1.29 is 4.79 Å². The summed E-state index contributed by atoms with van der Waals surface area (Å²) >= 11 is 5.88. The van der Waals surface area contributed by atoms with Gasteiger partial charge in [-0.15, -0.1) is 0 Å². The fourth-order valence-corrected chi connectivity index (χ4v) is 5.07. The molecule has 1 aliphatic heterocycles. The van der Waals surface area contributed by atoms with Gasteiger partial charge >= 0.3 is 0 Å². The molecule has 0 saturated heterocycles. The summed E-state index contributed by atoms with van der Waals surface area (Å²) in [6.45, 7) is 7.07. The minimum absolute atomic E-state index is 0.0888. The van der Waals surface area contributed by atoms with Crippen LogP contribution in [0.4, 0.5) is 17.1 Å². The number of ketones is 1. The number of fused-ring (bicyclic) bond motifs is 1. The van der Waals surface area contributed by atoms with Crippen LogP contribution in [0.5, 0.6) is 0 Å². The second kappa shape index (κ2) is 8.58. The Morgan fingerprint density at radius 2 is 1.84 bits per heavy atom. The van der Waals surface area contributed by atoms with Gasteiger partial charge in [-0.3, -0.25) is 4.79 Å². The third kappa shape index (κ3) is 4.11. The number of anilines is 3. The Bertz CT molecular complexity index is 1070. The smallest absolute Gasteiger partial charge is 0.174 e. The van der Waals surface area contributed by atoms with Gasteiger partial charge in [0.05, 0.1) is 17.4 Å². The van der Waals surface area contributed by atoms with Crippen LogP contribution in [0.1, 0.15) is 45.2 Å². The number of nitrogens with zero attached hydrogens (tertiary/aromatic N) is 2. The van der Waals surface area contributed by atoms with E-state index in [-0.39, 0.29) is 17.2 Å². The van der Waals surface area contributed by atoms with Crippen molar-refractivity contribution >= 4 is 40.2 Å². The average molecular weight is 449 g/mol. The standard InChI is InChI=1S/C26H32N4OS/c1-6-27-25(32)30-21-10-8-7-9-19(21)28-20-15-26(2,3)16-22(31)23(20)24(30)17-11-13-18(14-12-17)29(4)5/h7-14,24,28H,6,15-16H2,1-5H3,(H,27,32). The van der Waals surface area contributed by atoms with E-state index in [1.54, 1.807) is 0 Å². The molecule has 0 bridgehead atoms. The zero-order chi connectivity index (χ0) is 23.0. The normalized spacial score (nSPS) is 19.5. The predicted molar refractivity (Wildman–Crippen MR) is 137 cm³/mol. The molecule has 168 valence electrons. The number of carbonyl (C=O) groups is 1. The highest BCUT2D eigenvalue weighted by atomic mass is 32.1. The molecule has 0 fully saturated rings. The lowest BCUT2D eigenvalue weighted by Gasteiger charge is -2.38. The second-order valence-corrected chi connectivity index (χ2v) is 9.96. The number of allylic oxidation sites excluding steroid dienone is 1. The van der Waals surface area contributed by atoms with E-state index in [1.165, 1.54) is 0 Å². The van der Waals surface area contributed by atoms with Crippen LogP contribution in [-0.2, 0) is 4.79 Å². The SMILES string of the molecule is CCNC(=S)N1c2ccccc2NC2=C(C(=O)CC(C)(C)C2)C1c1ccc(N(C)C)cc1. The van der Waals surface area contributed by atoms with Crippen LogP contribution < -0.4 is 20.4 Å².